The molecule has 0 radical (unpaired) electrons. The lowest BCUT2D eigenvalue weighted by atomic mass is 10.0. The number of esters is 3. The zero-order valence-electron chi connectivity index (χ0n) is 38.0. The van der Waals surface area contributed by atoms with Gasteiger partial charge in [0, 0.05) is 19.3 Å². The fourth-order valence-electron chi connectivity index (χ4n) is 6.63. The lowest BCUT2D eigenvalue weighted by molar-refractivity contribution is -0.166. The molecule has 0 fully saturated rings. The fraction of sp³-hybridized carbons (Fsp3) is 0.750. The molecule has 0 saturated heterocycles. The number of rotatable bonds is 43. The zero-order valence-corrected chi connectivity index (χ0v) is 38.0. The highest BCUT2D eigenvalue weighted by Crippen LogP contribution is 2.14. The van der Waals surface area contributed by atoms with Gasteiger partial charge in [0.25, 0.3) is 0 Å². The first kappa shape index (κ1) is 55.1. The van der Waals surface area contributed by atoms with E-state index in [-0.39, 0.29) is 31.6 Å². The van der Waals surface area contributed by atoms with Crippen molar-refractivity contribution in [2.45, 2.75) is 239 Å². The van der Waals surface area contributed by atoms with Gasteiger partial charge in [-0.2, -0.15) is 0 Å². The van der Waals surface area contributed by atoms with Crippen LogP contribution in [0.15, 0.2) is 60.8 Å². The van der Waals surface area contributed by atoms with Gasteiger partial charge in [0.05, 0.1) is 0 Å². The van der Waals surface area contributed by atoms with Gasteiger partial charge in [-0.25, -0.2) is 0 Å². The Labute approximate surface area is 358 Å². The van der Waals surface area contributed by atoms with Gasteiger partial charge >= 0.3 is 17.9 Å². The van der Waals surface area contributed by atoms with Crippen molar-refractivity contribution >= 4 is 17.9 Å². The number of unbranched alkanes of at least 4 members (excludes halogenated alkanes) is 22. The van der Waals surface area contributed by atoms with Gasteiger partial charge in [-0.15, -0.1) is 0 Å². The van der Waals surface area contributed by atoms with Crippen molar-refractivity contribution in [1.82, 2.24) is 0 Å². The average Bonchev–Trinajstić information content (AvgIpc) is 3.22. The molecule has 0 aromatic carbocycles. The van der Waals surface area contributed by atoms with E-state index in [0.717, 1.165) is 70.6 Å². The summed E-state index contributed by atoms with van der Waals surface area (Å²) in [5.74, 6) is -0.994. The molecule has 0 aliphatic rings. The predicted molar refractivity (Wildman–Crippen MR) is 247 cm³/mol. The van der Waals surface area contributed by atoms with E-state index in [1.165, 1.54) is 116 Å². The van der Waals surface area contributed by atoms with Crippen LogP contribution in [-0.2, 0) is 28.6 Å². The number of allylic oxidation sites excluding steroid dienone is 10. The van der Waals surface area contributed by atoms with Crippen LogP contribution < -0.4 is 0 Å². The third-order valence-electron chi connectivity index (χ3n) is 10.3. The van der Waals surface area contributed by atoms with Crippen LogP contribution in [0.25, 0.3) is 0 Å². The van der Waals surface area contributed by atoms with Gasteiger partial charge in [-0.1, -0.05) is 204 Å². The molecule has 0 aliphatic carbocycles. The highest BCUT2D eigenvalue weighted by Gasteiger charge is 2.19. The lowest BCUT2D eigenvalue weighted by Gasteiger charge is -2.18. The van der Waals surface area contributed by atoms with Crippen molar-refractivity contribution in [1.29, 1.82) is 0 Å². The highest BCUT2D eigenvalue weighted by atomic mass is 16.6. The molecule has 0 saturated carbocycles. The van der Waals surface area contributed by atoms with Gasteiger partial charge in [-0.3, -0.25) is 14.4 Å². The maximum atomic E-state index is 12.7. The number of ether oxygens (including phenoxy) is 3. The first-order valence-electron chi connectivity index (χ1n) is 24.3. The van der Waals surface area contributed by atoms with Crippen molar-refractivity contribution < 1.29 is 28.6 Å². The van der Waals surface area contributed by atoms with Gasteiger partial charge in [0.1, 0.15) is 13.2 Å². The molecule has 0 spiro atoms. The molecule has 0 bridgehead atoms. The zero-order chi connectivity index (χ0) is 42.3. The molecule has 0 aromatic heterocycles. The smallest absolute Gasteiger partial charge is 0.306 e. The third-order valence-corrected chi connectivity index (χ3v) is 10.3. The van der Waals surface area contributed by atoms with Crippen molar-refractivity contribution in [3.8, 4) is 0 Å². The van der Waals surface area contributed by atoms with Gasteiger partial charge in [-0.05, 0) is 70.6 Å². The minimum atomic E-state index is -0.811. The molecule has 1 atom stereocenters. The second-order valence-corrected chi connectivity index (χ2v) is 16.0. The molecule has 0 aliphatic heterocycles. The Hall–Kier alpha value is -2.89. The molecule has 1 unspecified atom stereocenters. The standard InChI is InChI=1S/C52H90O6/c1-4-7-10-13-16-19-22-25-26-28-30-33-36-39-42-45-51(54)57-48-49(47-56-50(53)44-41-38-35-32-29-24-21-18-15-12-9-6-3)58-52(55)46-43-40-37-34-31-27-23-20-17-14-11-8-5-2/h8,11,17,20,25-27,31,37,40,49H,4-7,9-10,12-16,18-19,21-24,28-30,32-36,38-39,41-48H2,1-3H3/b11-8-,20-17-,26-25-,31-27-,40-37-. The van der Waals surface area contributed by atoms with Crippen LogP contribution in [0.3, 0.4) is 0 Å². The van der Waals surface area contributed by atoms with E-state index in [1.807, 2.05) is 12.2 Å². The maximum absolute atomic E-state index is 12.7. The number of hydrogen-bond donors (Lipinski definition) is 0. The van der Waals surface area contributed by atoms with E-state index in [9.17, 15) is 14.4 Å². The summed E-state index contributed by atoms with van der Waals surface area (Å²) < 4.78 is 16.7. The summed E-state index contributed by atoms with van der Waals surface area (Å²) in [7, 11) is 0. The predicted octanol–water partition coefficient (Wildman–Crippen LogP) is 15.7. The summed E-state index contributed by atoms with van der Waals surface area (Å²) in [5, 5.41) is 0. The molecular formula is C52H90O6. The number of hydrogen-bond acceptors (Lipinski definition) is 6. The van der Waals surface area contributed by atoms with Gasteiger partial charge in [0.2, 0.25) is 0 Å². The van der Waals surface area contributed by atoms with Crippen molar-refractivity contribution in [2.75, 3.05) is 13.2 Å². The van der Waals surface area contributed by atoms with Crippen LogP contribution in [-0.4, -0.2) is 37.2 Å². The molecule has 6 heteroatoms. The largest absolute Gasteiger partial charge is 0.462 e. The van der Waals surface area contributed by atoms with Gasteiger partial charge < -0.3 is 14.2 Å². The maximum Gasteiger partial charge on any atom is 0.306 e. The Morgan fingerprint density at radius 3 is 1.12 bits per heavy atom. The normalized spacial score (nSPS) is 12.5. The van der Waals surface area contributed by atoms with E-state index in [4.69, 9.17) is 14.2 Å². The number of carbonyl (C=O) groups is 3. The molecule has 0 rings (SSSR count). The summed E-state index contributed by atoms with van der Waals surface area (Å²) in [5.41, 5.74) is 0. The fourth-order valence-corrected chi connectivity index (χ4v) is 6.63. The van der Waals surface area contributed by atoms with E-state index >= 15 is 0 Å². The Balaban J connectivity index is 4.47. The summed E-state index contributed by atoms with van der Waals surface area (Å²) in [4.78, 5) is 37.8. The Morgan fingerprint density at radius 1 is 0.362 bits per heavy atom. The van der Waals surface area contributed by atoms with Crippen LogP contribution in [0.5, 0.6) is 0 Å². The summed E-state index contributed by atoms with van der Waals surface area (Å²) >= 11 is 0. The first-order valence-corrected chi connectivity index (χ1v) is 24.3. The van der Waals surface area contributed by atoms with Crippen LogP contribution in [0.4, 0.5) is 0 Å². The van der Waals surface area contributed by atoms with Crippen LogP contribution in [0.1, 0.15) is 233 Å². The second-order valence-electron chi connectivity index (χ2n) is 16.0. The Kier molecular flexibility index (Phi) is 44.5. The molecule has 0 N–H and O–H groups in total. The lowest BCUT2D eigenvalue weighted by Crippen LogP contribution is -2.30. The monoisotopic (exact) mass is 811 g/mol. The molecule has 58 heavy (non-hydrogen) atoms. The topological polar surface area (TPSA) is 78.9 Å². The van der Waals surface area contributed by atoms with Crippen molar-refractivity contribution in [2.24, 2.45) is 0 Å². The minimum absolute atomic E-state index is 0.104. The van der Waals surface area contributed by atoms with Crippen LogP contribution in [0.2, 0.25) is 0 Å². The molecule has 6 nitrogen and oxygen atoms in total. The van der Waals surface area contributed by atoms with Crippen LogP contribution >= 0.6 is 0 Å². The summed E-state index contributed by atoms with van der Waals surface area (Å²) in [6.45, 7) is 6.44. The van der Waals surface area contributed by atoms with E-state index in [1.54, 1.807) is 0 Å². The minimum Gasteiger partial charge on any atom is -0.462 e. The van der Waals surface area contributed by atoms with Gasteiger partial charge in [0.15, 0.2) is 6.10 Å². The Morgan fingerprint density at radius 2 is 0.707 bits per heavy atom. The van der Waals surface area contributed by atoms with Crippen molar-refractivity contribution in [3.63, 3.8) is 0 Å². The van der Waals surface area contributed by atoms with Crippen LogP contribution in [0, 0.1) is 0 Å². The second kappa shape index (κ2) is 46.8. The molecule has 0 heterocycles. The summed E-state index contributed by atoms with van der Waals surface area (Å²) in [6, 6.07) is 0. The SMILES string of the molecule is CC/C=C\C/C=C\C/C=C\C/C=C\CCC(=O)OC(COC(=O)CCCCCCC/C=C\CCCCCCCC)COC(=O)CCCCCCCCCCCCCC. The molecule has 0 aromatic rings. The average molecular weight is 811 g/mol. The van der Waals surface area contributed by atoms with E-state index in [2.05, 4.69) is 69.4 Å². The Bertz CT molecular complexity index is 1070. The van der Waals surface area contributed by atoms with E-state index in [0.29, 0.717) is 19.3 Å². The molecule has 0 amide bonds. The highest BCUT2D eigenvalue weighted by molar-refractivity contribution is 5.71. The summed E-state index contributed by atoms with van der Waals surface area (Å²) in [6.07, 6.45) is 56.4. The molecule has 334 valence electrons. The van der Waals surface area contributed by atoms with Crippen molar-refractivity contribution in [3.05, 3.63) is 60.8 Å². The first-order chi connectivity index (χ1) is 28.5. The number of carbonyl (C=O) groups excluding carboxylic acids is 3. The quantitative estimate of drug-likeness (QED) is 0.0264. The molecular weight excluding hydrogens is 721 g/mol. The third kappa shape index (κ3) is 44.2. The van der Waals surface area contributed by atoms with E-state index < -0.39 is 12.1 Å².